The van der Waals surface area contributed by atoms with E-state index >= 15 is 0 Å². The van der Waals surface area contributed by atoms with E-state index in [2.05, 4.69) is 15.5 Å². The summed E-state index contributed by atoms with van der Waals surface area (Å²) in [6.07, 6.45) is 5.47. The average molecular weight is 653 g/mol. The first-order valence-corrected chi connectivity index (χ1v) is 16.8. The first kappa shape index (κ1) is 33.6. The first-order chi connectivity index (χ1) is 22.0. The molecule has 0 saturated heterocycles. The monoisotopic (exact) mass is 652 g/mol. The molecule has 4 aromatic rings. The molecular weight excluding hydrogens is 608 g/mol. The number of aryl methyl sites for hydroxylation is 1. The molecule has 12 nitrogen and oxygen atoms in total. The van der Waals surface area contributed by atoms with E-state index in [-0.39, 0.29) is 31.2 Å². The second kappa shape index (κ2) is 13.9. The Hall–Kier alpha value is -3.81. The average Bonchev–Trinajstić information content (AvgIpc) is 3.71. The van der Waals surface area contributed by atoms with E-state index in [1.54, 1.807) is 37.9 Å². The molecule has 248 valence electrons. The van der Waals surface area contributed by atoms with Crippen molar-refractivity contribution in [2.45, 2.75) is 110 Å². The van der Waals surface area contributed by atoms with E-state index in [1.165, 1.54) is 16.1 Å². The van der Waals surface area contributed by atoms with Gasteiger partial charge in [0, 0.05) is 17.2 Å². The number of aliphatic hydroxyl groups excluding tert-OH is 1. The third-order valence-electron chi connectivity index (χ3n) is 9.28. The minimum Gasteiger partial charge on any atom is -0.496 e. The Kier molecular flexibility index (Phi) is 10.1. The maximum Gasteiger partial charge on any atom is 0.333 e. The van der Waals surface area contributed by atoms with E-state index in [0.29, 0.717) is 58.6 Å². The highest BCUT2D eigenvalue weighted by Crippen LogP contribution is 2.36. The van der Waals surface area contributed by atoms with Crippen molar-refractivity contribution >= 4 is 27.5 Å². The Morgan fingerprint density at radius 2 is 1.83 bits per heavy atom. The highest BCUT2D eigenvalue weighted by molar-refractivity contribution is 7.21. The van der Waals surface area contributed by atoms with Gasteiger partial charge in [-0.1, -0.05) is 43.4 Å². The van der Waals surface area contributed by atoms with E-state index in [0.717, 1.165) is 10.1 Å². The van der Waals surface area contributed by atoms with Crippen LogP contribution in [0.3, 0.4) is 0 Å². The van der Waals surface area contributed by atoms with Crippen molar-refractivity contribution in [2.75, 3.05) is 7.11 Å². The zero-order valence-electron chi connectivity index (χ0n) is 27.4. The third-order valence-corrected chi connectivity index (χ3v) is 10.6. The van der Waals surface area contributed by atoms with E-state index in [4.69, 9.17) is 9.47 Å². The summed E-state index contributed by atoms with van der Waals surface area (Å²) >= 11 is 1.25. The van der Waals surface area contributed by atoms with Crippen molar-refractivity contribution in [3.8, 4) is 10.8 Å². The first-order valence-electron chi connectivity index (χ1n) is 16.0. The molecule has 3 aromatic heterocycles. The quantitative estimate of drug-likeness (QED) is 0.232. The van der Waals surface area contributed by atoms with Gasteiger partial charge in [-0.05, 0) is 65.4 Å². The summed E-state index contributed by atoms with van der Waals surface area (Å²) in [5.74, 6) is 0.214. The number of carbonyl (C=O) groups excluding carboxylic acids is 1. The number of para-hydroxylation sites is 1. The van der Waals surface area contributed by atoms with Crippen molar-refractivity contribution < 1.29 is 19.4 Å². The largest absolute Gasteiger partial charge is 0.496 e. The Labute approximate surface area is 272 Å². The lowest BCUT2D eigenvalue weighted by molar-refractivity contribution is -0.130. The van der Waals surface area contributed by atoms with Gasteiger partial charge >= 0.3 is 5.69 Å². The molecule has 1 amide bonds. The van der Waals surface area contributed by atoms with Crippen molar-refractivity contribution in [2.24, 2.45) is 0 Å². The topological polar surface area (TPSA) is 143 Å². The number of thiophene rings is 1. The number of aliphatic hydroxyl groups is 1. The predicted molar refractivity (Wildman–Crippen MR) is 177 cm³/mol. The lowest BCUT2D eigenvalue weighted by atomic mass is 9.94. The number of carbonyl (C=O) groups is 1. The van der Waals surface area contributed by atoms with Gasteiger partial charge in [0.05, 0.1) is 43.6 Å². The van der Waals surface area contributed by atoms with Crippen molar-refractivity contribution in [1.29, 1.82) is 0 Å². The van der Waals surface area contributed by atoms with Crippen LogP contribution in [0, 0.1) is 6.92 Å². The highest BCUT2D eigenvalue weighted by atomic mass is 32.1. The zero-order chi connectivity index (χ0) is 33.2. The fourth-order valence-electron chi connectivity index (χ4n) is 6.07. The fourth-order valence-corrected chi connectivity index (χ4v) is 7.29. The van der Waals surface area contributed by atoms with Gasteiger partial charge in [-0.3, -0.25) is 14.2 Å². The number of aromatic nitrogens is 5. The second-order valence-corrected chi connectivity index (χ2v) is 13.2. The molecule has 2 N–H and O–H groups in total. The standard InChI is InChI=1S/C33H44N6O6S/c1-7-20(3)36-31(42)33(5,8-2)38-28(41)27-21(4)29(39-34-17-18-35-39)46-30(27)37(32(38)43)19-26(24-11-9-10-12-25(24)44-6)45-23-15-13-22(40)14-16-23/h9-12,17-18,20,22-23,26,40H,7-8,13-16,19H2,1-6H3,(H,36,42)/t20?,22-,23+,26-,33?/m0/s1. The van der Waals surface area contributed by atoms with Gasteiger partial charge in [-0.2, -0.15) is 10.2 Å². The number of benzene rings is 1. The van der Waals surface area contributed by atoms with Gasteiger partial charge in [0.15, 0.2) is 0 Å². The Balaban J connectivity index is 1.75. The van der Waals surface area contributed by atoms with Crippen LogP contribution in [0.25, 0.3) is 15.2 Å². The number of fused-ring (bicyclic) bond motifs is 1. The summed E-state index contributed by atoms with van der Waals surface area (Å²) in [5.41, 5.74) is -1.25. The summed E-state index contributed by atoms with van der Waals surface area (Å²) in [6, 6.07) is 7.38. The van der Waals surface area contributed by atoms with Crippen LogP contribution in [-0.2, 0) is 21.6 Å². The Morgan fingerprint density at radius 3 is 2.46 bits per heavy atom. The number of ether oxygens (including phenoxy) is 2. The van der Waals surface area contributed by atoms with Crippen molar-refractivity contribution in [1.82, 2.24) is 29.4 Å². The lowest BCUT2D eigenvalue weighted by Gasteiger charge is -2.32. The van der Waals surface area contributed by atoms with E-state index in [1.807, 2.05) is 45.0 Å². The second-order valence-electron chi connectivity index (χ2n) is 12.3. The van der Waals surface area contributed by atoms with Crippen LogP contribution >= 0.6 is 11.3 Å². The van der Waals surface area contributed by atoms with Crippen LogP contribution in [0.4, 0.5) is 0 Å². The van der Waals surface area contributed by atoms with Gasteiger partial charge in [-0.15, -0.1) is 4.80 Å². The molecule has 2 unspecified atom stereocenters. The number of nitrogens with zero attached hydrogens (tertiary/aromatic N) is 5. The smallest absolute Gasteiger partial charge is 0.333 e. The molecule has 0 bridgehead atoms. The number of methoxy groups -OCH3 is 1. The molecule has 3 atom stereocenters. The Morgan fingerprint density at radius 1 is 1.15 bits per heavy atom. The number of amides is 1. The summed E-state index contributed by atoms with van der Waals surface area (Å²) in [5, 5.41) is 22.6. The zero-order valence-corrected chi connectivity index (χ0v) is 28.2. The minimum atomic E-state index is -1.47. The molecule has 0 spiro atoms. The number of rotatable bonds is 12. The molecule has 3 heterocycles. The molecule has 1 fully saturated rings. The maximum absolute atomic E-state index is 14.7. The lowest BCUT2D eigenvalue weighted by Crippen LogP contribution is -2.58. The predicted octanol–water partition coefficient (Wildman–Crippen LogP) is 4.22. The summed E-state index contributed by atoms with van der Waals surface area (Å²) in [7, 11) is 1.59. The molecule has 1 aliphatic carbocycles. The molecule has 5 rings (SSSR count). The molecule has 0 radical (unpaired) electrons. The summed E-state index contributed by atoms with van der Waals surface area (Å²) in [6.45, 7) is 9.15. The van der Waals surface area contributed by atoms with Crippen LogP contribution in [0.15, 0.2) is 46.2 Å². The van der Waals surface area contributed by atoms with E-state index in [9.17, 15) is 19.5 Å². The maximum atomic E-state index is 14.7. The molecule has 1 aromatic carbocycles. The fraction of sp³-hybridized carbons (Fsp3) is 0.545. The molecule has 13 heteroatoms. The van der Waals surface area contributed by atoms with Crippen LogP contribution in [0.5, 0.6) is 5.75 Å². The highest BCUT2D eigenvalue weighted by Gasteiger charge is 2.39. The van der Waals surface area contributed by atoms with Gasteiger partial charge in [0.1, 0.15) is 27.2 Å². The van der Waals surface area contributed by atoms with Crippen LogP contribution < -0.4 is 21.3 Å². The molecule has 46 heavy (non-hydrogen) atoms. The van der Waals surface area contributed by atoms with Gasteiger partial charge in [-0.25, -0.2) is 9.36 Å². The summed E-state index contributed by atoms with van der Waals surface area (Å²) < 4.78 is 15.1. The SMILES string of the molecule is CCC(C)NC(=O)C(C)(CC)n1c(=O)c2c(C)c(-n3nccn3)sc2n(C[C@H](O[C@H]2CC[C@@H](O)CC2)c2ccccc2OC)c1=O. The van der Waals surface area contributed by atoms with E-state index < -0.39 is 28.8 Å². The van der Waals surface area contributed by atoms with Gasteiger partial charge in [0.25, 0.3) is 5.56 Å². The number of hydrogen-bond acceptors (Lipinski definition) is 9. The molecular formula is C33H44N6O6S. The van der Waals surface area contributed by atoms with Crippen LogP contribution in [0.2, 0.25) is 0 Å². The summed E-state index contributed by atoms with van der Waals surface area (Å²) in [4.78, 5) is 44.8. The molecule has 1 saturated carbocycles. The molecule has 0 aliphatic heterocycles. The molecule has 1 aliphatic rings. The normalized spacial score (nSPS) is 19.5. The van der Waals surface area contributed by atoms with Gasteiger partial charge in [0.2, 0.25) is 5.91 Å². The minimum absolute atomic E-state index is 0.0494. The van der Waals surface area contributed by atoms with Crippen molar-refractivity contribution in [3.63, 3.8) is 0 Å². The van der Waals surface area contributed by atoms with Gasteiger partial charge < -0.3 is 19.9 Å². The van der Waals surface area contributed by atoms with Crippen LogP contribution in [-0.4, -0.2) is 60.5 Å². The van der Waals surface area contributed by atoms with Crippen LogP contribution in [0.1, 0.15) is 83.5 Å². The number of nitrogens with one attached hydrogen (secondary N) is 1. The third kappa shape index (κ3) is 6.27. The van der Waals surface area contributed by atoms with Crippen molar-refractivity contribution in [3.05, 3.63) is 68.6 Å². The number of hydrogen-bond donors (Lipinski definition) is 2. The Bertz CT molecular complexity index is 1790.